The number of Topliss-reactive ketones (excluding diaryl/α,β-unsaturated/α-hetero) is 1. The quantitative estimate of drug-likeness (QED) is 0.416. The number of carbonyl (C=O) groups is 2. The first kappa shape index (κ1) is 19.8. The predicted octanol–water partition coefficient (Wildman–Crippen LogP) is 5.95. The van der Waals surface area contributed by atoms with E-state index in [-0.39, 0.29) is 23.0 Å². The Kier molecular flexibility index (Phi) is 4.83. The SMILES string of the molecule is Cc1ccc(N2C(=O)c3ccccc3[C@@H]2C(=O)c2cc(-c3ccccc3)ccc2O)cc1. The molecule has 1 N–H and O–H groups in total. The molecule has 0 aromatic heterocycles. The number of nitrogens with zero attached hydrogens (tertiary/aromatic N) is 1. The summed E-state index contributed by atoms with van der Waals surface area (Å²) in [6.07, 6.45) is 0. The van der Waals surface area contributed by atoms with Crippen LogP contribution in [0.2, 0.25) is 0 Å². The maximum Gasteiger partial charge on any atom is 0.259 e. The molecule has 0 saturated heterocycles. The molecule has 1 atom stereocenters. The van der Waals surface area contributed by atoms with Crippen molar-refractivity contribution in [1.82, 2.24) is 0 Å². The number of hydrogen-bond acceptors (Lipinski definition) is 3. The third-order valence-corrected chi connectivity index (χ3v) is 5.89. The number of benzene rings is 4. The monoisotopic (exact) mass is 419 g/mol. The summed E-state index contributed by atoms with van der Waals surface area (Å²) in [7, 11) is 0. The first-order valence-corrected chi connectivity index (χ1v) is 10.5. The van der Waals surface area contributed by atoms with E-state index in [0.717, 1.165) is 16.7 Å². The molecule has 1 aliphatic rings. The number of aromatic hydroxyl groups is 1. The molecule has 0 unspecified atom stereocenters. The van der Waals surface area contributed by atoms with Gasteiger partial charge in [0.05, 0.1) is 5.56 Å². The van der Waals surface area contributed by atoms with E-state index in [1.165, 1.54) is 11.0 Å². The average molecular weight is 419 g/mol. The van der Waals surface area contributed by atoms with Crippen molar-refractivity contribution in [3.05, 3.63) is 119 Å². The first-order chi connectivity index (χ1) is 15.5. The summed E-state index contributed by atoms with van der Waals surface area (Å²) >= 11 is 0. The largest absolute Gasteiger partial charge is 0.507 e. The van der Waals surface area contributed by atoms with Gasteiger partial charge in [0.25, 0.3) is 5.91 Å². The standard InChI is InChI=1S/C28H21NO3/c1-18-11-14-21(15-12-18)29-26(22-9-5-6-10-23(22)28(29)32)27(31)24-17-20(13-16-25(24)30)19-7-3-2-4-8-19/h2-17,26,30H,1H3/t26-/m1/s1. The second-order valence-corrected chi connectivity index (χ2v) is 7.96. The van der Waals surface area contributed by atoms with Crippen LogP contribution in [0.15, 0.2) is 97.1 Å². The molecule has 4 aromatic rings. The van der Waals surface area contributed by atoms with Gasteiger partial charge in [0.15, 0.2) is 5.78 Å². The van der Waals surface area contributed by atoms with Crippen molar-refractivity contribution in [2.24, 2.45) is 0 Å². The van der Waals surface area contributed by atoms with Crippen molar-refractivity contribution in [2.45, 2.75) is 13.0 Å². The summed E-state index contributed by atoms with van der Waals surface area (Å²) in [5, 5.41) is 10.6. The third kappa shape index (κ3) is 3.26. The topological polar surface area (TPSA) is 57.6 Å². The predicted molar refractivity (Wildman–Crippen MR) is 125 cm³/mol. The van der Waals surface area contributed by atoms with Crippen molar-refractivity contribution in [1.29, 1.82) is 0 Å². The summed E-state index contributed by atoms with van der Waals surface area (Å²) in [5.74, 6) is -0.643. The maximum atomic E-state index is 13.9. The molecule has 0 bridgehead atoms. The minimum absolute atomic E-state index is 0.102. The van der Waals surface area contributed by atoms with Crippen molar-refractivity contribution in [3.63, 3.8) is 0 Å². The summed E-state index contributed by atoms with van der Waals surface area (Å²) in [6, 6.07) is 28.6. The van der Waals surface area contributed by atoms with Crippen LogP contribution in [-0.4, -0.2) is 16.8 Å². The Hall–Kier alpha value is -4.18. The fourth-order valence-corrected chi connectivity index (χ4v) is 4.24. The zero-order valence-electron chi connectivity index (χ0n) is 17.5. The molecule has 0 aliphatic carbocycles. The molecule has 32 heavy (non-hydrogen) atoms. The Balaban J connectivity index is 1.64. The van der Waals surface area contributed by atoms with Gasteiger partial charge in [0.2, 0.25) is 0 Å². The van der Waals surface area contributed by atoms with Crippen molar-refractivity contribution in [3.8, 4) is 16.9 Å². The second kappa shape index (κ2) is 7.82. The van der Waals surface area contributed by atoms with Crippen LogP contribution in [0, 0.1) is 6.92 Å². The van der Waals surface area contributed by atoms with E-state index < -0.39 is 6.04 Å². The summed E-state index contributed by atoms with van der Waals surface area (Å²) in [5.41, 5.74) is 4.82. The fraction of sp³-hybridized carbons (Fsp3) is 0.0714. The minimum Gasteiger partial charge on any atom is -0.507 e. The van der Waals surface area contributed by atoms with E-state index in [9.17, 15) is 14.7 Å². The average Bonchev–Trinajstić information content (AvgIpc) is 3.12. The van der Waals surface area contributed by atoms with Gasteiger partial charge in [-0.1, -0.05) is 72.3 Å². The molecule has 0 fully saturated rings. The molecule has 5 rings (SSSR count). The second-order valence-electron chi connectivity index (χ2n) is 7.96. The lowest BCUT2D eigenvalue weighted by Gasteiger charge is -2.25. The Morgan fingerprint density at radius 1 is 0.812 bits per heavy atom. The van der Waals surface area contributed by atoms with Gasteiger partial charge in [-0.15, -0.1) is 0 Å². The Labute approximate surface area is 186 Å². The molecule has 1 aliphatic heterocycles. The lowest BCUT2D eigenvalue weighted by atomic mass is 9.93. The van der Waals surface area contributed by atoms with E-state index in [0.29, 0.717) is 16.8 Å². The third-order valence-electron chi connectivity index (χ3n) is 5.89. The number of amides is 1. The number of phenols is 1. The summed E-state index contributed by atoms with van der Waals surface area (Å²) in [6.45, 7) is 1.97. The van der Waals surface area contributed by atoms with Crippen LogP contribution in [0.3, 0.4) is 0 Å². The zero-order chi connectivity index (χ0) is 22.2. The van der Waals surface area contributed by atoms with Crippen molar-refractivity contribution in [2.75, 3.05) is 4.90 Å². The number of hydrogen-bond donors (Lipinski definition) is 1. The maximum absolute atomic E-state index is 13.9. The first-order valence-electron chi connectivity index (χ1n) is 10.5. The number of phenolic OH excluding ortho intramolecular Hbond substituents is 1. The van der Waals surface area contributed by atoms with Crippen LogP contribution < -0.4 is 4.90 Å². The van der Waals surface area contributed by atoms with E-state index in [1.54, 1.807) is 24.3 Å². The molecule has 4 heteroatoms. The Morgan fingerprint density at radius 2 is 1.50 bits per heavy atom. The summed E-state index contributed by atoms with van der Waals surface area (Å²) < 4.78 is 0. The minimum atomic E-state index is -0.849. The summed E-state index contributed by atoms with van der Waals surface area (Å²) in [4.78, 5) is 28.7. The lowest BCUT2D eigenvalue weighted by Crippen LogP contribution is -2.32. The van der Waals surface area contributed by atoms with Gasteiger partial charge < -0.3 is 5.11 Å². The van der Waals surface area contributed by atoms with Crippen molar-refractivity contribution >= 4 is 17.4 Å². The fourth-order valence-electron chi connectivity index (χ4n) is 4.24. The number of aryl methyl sites for hydroxylation is 1. The van der Waals surface area contributed by atoms with Gasteiger partial charge in [0.1, 0.15) is 11.8 Å². The van der Waals surface area contributed by atoms with E-state index in [2.05, 4.69) is 0 Å². The van der Waals surface area contributed by atoms with Crippen LogP contribution in [0.5, 0.6) is 5.75 Å². The number of fused-ring (bicyclic) bond motifs is 1. The number of carbonyl (C=O) groups excluding carboxylic acids is 2. The molecule has 0 spiro atoms. The normalized spacial score (nSPS) is 15.0. The van der Waals surface area contributed by atoms with Crippen LogP contribution >= 0.6 is 0 Å². The molecule has 4 aromatic carbocycles. The smallest absolute Gasteiger partial charge is 0.259 e. The van der Waals surface area contributed by atoms with Crippen LogP contribution in [0.4, 0.5) is 5.69 Å². The molecule has 1 heterocycles. The number of anilines is 1. The van der Waals surface area contributed by atoms with Crippen molar-refractivity contribution < 1.29 is 14.7 Å². The highest BCUT2D eigenvalue weighted by Crippen LogP contribution is 2.41. The van der Waals surface area contributed by atoms with Crippen LogP contribution in [-0.2, 0) is 0 Å². The highest BCUT2D eigenvalue weighted by molar-refractivity contribution is 6.19. The molecular weight excluding hydrogens is 398 g/mol. The Morgan fingerprint density at radius 3 is 2.25 bits per heavy atom. The Bertz CT molecular complexity index is 1330. The highest BCUT2D eigenvalue weighted by Gasteiger charge is 2.42. The van der Waals surface area contributed by atoms with Crippen LogP contribution in [0.1, 0.15) is 37.9 Å². The molecule has 4 nitrogen and oxygen atoms in total. The van der Waals surface area contributed by atoms with Gasteiger partial charge in [-0.2, -0.15) is 0 Å². The van der Waals surface area contributed by atoms with Gasteiger partial charge in [-0.25, -0.2) is 0 Å². The number of ketones is 1. The zero-order valence-corrected chi connectivity index (χ0v) is 17.5. The lowest BCUT2D eigenvalue weighted by molar-refractivity contribution is 0.0914. The van der Waals surface area contributed by atoms with Gasteiger partial charge in [-0.3, -0.25) is 14.5 Å². The highest BCUT2D eigenvalue weighted by atomic mass is 16.3. The molecule has 156 valence electrons. The molecular formula is C28H21NO3. The molecule has 1 amide bonds. The molecule has 0 radical (unpaired) electrons. The van der Waals surface area contributed by atoms with Crippen LogP contribution in [0.25, 0.3) is 11.1 Å². The number of rotatable bonds is 4. The van der Waals surface area contributed by atoms with Gasteiger partial charge >= 0.3 is 0 Å². The van der Waals surface area contributed by atoms with E-state index in [1.807, 2.05) is 73.7 Å². The van der Waals surface area contributed by atoms with E-state index in [4.69, 9.17) is 0 Å². The van der Waals surface area contributed by atoms with Gasteiger partial charge in [0, 0.05) is 11.3 Å². The molecule has 0 saturated carbocycles. The van der Waals surface area contributed by atoms with E-state index >= 15 is 0 Å². The van der Waals surface area contributed by atoms with Gasteiger partial charge in [-0.05, 0) is 53.9 Å².